The molecule has 0 aliphatic heterocycles. The van der Waals surface area contributed by atoms with Gasteiger partial charge in [0.1, 0.15) is 0 Å². The Bertz CT molecular complexity index is 479. The molecule has 0 amide bonds. The lowest BCUT2D eigenvalue weighted by atomic mass is 10.1. The number of hydrogen-bond donors (Lipinski definition) is 2. The Hall–Kier alpha value is -1.23. The highest BCUT2D eigenvalue weighted by Gasteiger charge is 1.98. The summed E-state index contributed by atoms with van der Waals surface area (Å²) in [6, 6.07) is 8.01. The summed E-state index contributed by atoms with van der Waals surface area (Å²) in [4.78, 5) is 4.43. The highest BCUT2D eigenvalue weighted by Crippen LogP contribution is 2.08. The van der Waals surface area contributed by atoms with Gasteiger partial charge in [-0.25, -0.2) is 4.98 Å². The number of benzene rings is 1. The number of thiazole rings is 1. The molecule has 0 radical (unpaired) electrons. The quantitative estimate of drug-likeness (QED) is 0.785. The average Bonchev–Trinajstić information content (AvgIpc) is 2.81. The molecule has 0 bridgehead atoms. The number of aliphatic hydroxyl groups excluding tert-OH is 1. The second kappa shape index (κ2) is 6.64. The molecule has 0 unspecified atom stereocenters. The summed E-state index contributed by atoms with van der Waals surface area (Å²) < 4.78 is 0. The van der Waals surface area contributed by atoms with Gasteiger partial charge in [-0.3, -0.25) is 0 Å². The van der Waals surface area contributed by atoms with Crippen LogP contribution in [0.1, 0.15) is 21.8 Å². The van der Waals surface area contributed by atoms with Gasteiger partial charge < -0.3 is 10.4 Å². The first kappa shape index (κ1) is 13.2. The number of rotatable bonds is 6. The fourth-order valence-corrected chi connectivity index (χ4v) is 2.38. The molecule has 1 aromatic heterocycles. The van der Waals surface area contributed by atoms with Crippen molar-refractivity contribution >= 4 is 11.3 Å². The molecule has 0 aliphatic carbocycles. The minimum absolute atomic E-state index is 0.108. The van der Waals surface area contributed by atoms with Gasteiger partial charge in [0.25, 0.3) is 0 Å². The van der Waals surface area contributed by atoms with E-state index in [1.54, 1.807) is 11.3 Å². The summed E-state index contributed by atoms with van der Waals surface area (Å²) in [5.74, 6) is 0. The predicted octanol–water partition coefficient (Wildman–Crippen LogP) is 2.28. The molecule has 0 fully saturated rings. The average molecular weight is 262 g/mol. The van der Waals surface area contributed by atoms with Gasteiger partial charge in [0.05, 0.1) is 17.3 Å². The van der Waals surface area contributed by atoms with Crippen LogP contribution in [0.25, 0.3) is 0 Å². The van der Waals surface area contributed by atoms with Crippen molar-refractivity contribution in [1.29, 1.82) is 0 Å². The molecule has 0 atom stereocenters. The largest absolute Gasteiger partial charge is 0.392 e. The predicted molar refractivity (Wildman–Crippen MR) is 74.6 cm³/mol. The summed E-state index contributed by atoms with van der Waals surface area (Å²) >= 11 is 1.70. The molecule has 3 nitrogen and oxygen atoms in total. The van der Waals surface area contributed by atoms with Crippen LogP contribution in [0, 0.1) is 6.92 Å². The lowest BCUT2D eigenvalue weighted by Crippen LogP contribution is -2.16. The molecule has 2 aromatic rings. The first-order chi connectivity index (χ1) is 8.78. The van der Waals surface area contributed by atoms with Gasteiger partial charge in [0.2, 0.25) is 0 Å². The number of aliphatic hydroxyl groups is 1. The molecule has 96 valence electrons. The smallest absolute Gasteiger partial charge is 0.0897 e. The van der Waals surface area contributed by atoms with Crippen LogP contribution in [0.2, 0.25) is 0 Å². The minimum Gasteiger partial charge on any atom is -0.392 e. The maximum atomic E-state index is 8.95. The van der Waals surface area contributed by atoms with Crippen molar-refractivity contribution in [3.63, 3.8) is 0 Å². The number of hydrogen-bond acceptors (Lipinski definition) is 4. The van der Waals surface area contributed by atoms with Crippen molar-refractivity contribution in [2.45, 2.75) is 26.5 Å². The Morgan fingerprint density at radius 1 is 1.22 bits per heavy atom. The Labute approximate surface area is 112 Å². The SMILES string of the molecule is Cc1nc(CCNCc2ccc(CO)cc2)cs1. The first-order valence-corrected chi connectivity index (χ1v) is 6.96. The second-order valence-corrected chi connectivity index (χ2v) is 5.32. The van der Waals surface area contributed by atoms with Crippen LogP contribution >= 0.6 is 11.3 Å². The lowest BCUT2D eigenvalue weighted by molar-refractivity contribution is 0.282. The van der Waals surface area contributed by atoms with Crippen molar-refractivity contribution in [2.75, 3.05) is 6.54 Å². The maximum Gasteiger partial charge on any atom is 0.0897 e. The molecule has 18 heavy (non-hydrogen) atoms. The third-order valence-electron chi connectivity index (χ3n) is 2.76. The summed E-state index contributed by atoms with van der Waals surface area (Å²) in [6.45, 7) is 3.93. The molecular formula is C14H18N2OS. The van der Waals surface area contributed by atoms with E-state index >= 15 is 0 Å². The Balaban J connectivity index is 1.71. The van der Waals surface area contributed by atoms with Crippen molar-refractivity contribution < 1.29 is 5.11 Å². The molecule has 2 N–H and O–H groups in total. The number of aryl methyl sites for hydroxylation is 1. The van der Waals surface area contributed by atoms with Crippen molar-refractivity contribution in [1.82, 2.24) is 10.3 Å². The van der Waals surface area contributed by atoms with E-state index in [9.17, 15) is 0 Å². The summed E-state index contributed by atoms with van der Waals surface area (Å²) in [5.41, 5.74) is 3.36. The van der Waals surface area contributed by atoms with Crippen molar-refractivity contribution in [3.8, 4) is 0 Å². The van der Waals surface area contributed by atoms with Crippen LogP contribution < -0.4 is 5.32 Å². The monoisotopic (exact) mass is 262 g/mol. The Morgan fingerprint density at radius 3 is 2.56 bits per heavy atom. The van der Waals surface area contributed by atoms with Gasteiger partial charge in [-0.05, 0) is 18.1 Å². The van der Waals surface area contributed by atoms with Gasteiger partial charge in [-0.15, -0.1) is 11.3 Å². The van der Waals surface area contributed by atoms with Crippen molar-refractivity contribution in [2.24, 2.45) is 0 Å². The van der Waals surface area contributed by atoms with Crippen LogP contribution in [-0.2, 0) is 19.6 Å². The Morgan fingerprint density at radius 2 is 1.94 bits per heavy atom. The first-order valence-electron chi connectivity index (χ1n) is 6.08. The van der Waals surface area contributed by atoms with Crippen LogP contribution in [0.5, 0.6) is 0 Å². The lowest BCUT2D eigenvalue weighted by Gasteiger charge is -2.04. The van der Waals surface area contributed by atoms with Crippen LogP contribution in [0.15, 0.2) is 29.6 Å². The highest BCUT2D eigenvalue weighted by atomic mass is 32.1. The highest BCUT2D eigenvalue weighted by molar-refractivity contribution is 7.09. The standard InChI is InChI=1S/C14H18N2OS/c1-11-16-14(10-18-11)6-7-15-8-12-2-4-13(9-17)5-3-12/h2-5,10,15,17H,6-9H2,1H3. The molecule has 2 rings (SSSR count). The summed E-state index contributed by atoms with van der Waals surface area (Å²) in [5, 5.41) is 15.6. The third kappa shape index (κ3) is 3.91. The van der Waals surface area contributed by atoms with E-state index in [1.807, 2.05) is 31.2 Å². The maximum absolute atomic E-state index is 8.95. The van der Waals surface area contributed by atoms with Gasteiger partial charge in [0.15, 0.2) is 0 Å². The molecule has 0 saturated heterocycles. The number of nitrogens with zero attached hydrogens (tertiary/aromatic N) is 1. The third-order valence-corrected chi connectivity index (χ3v) is 3.58. The molecule has 0 saturated carbocycles. The summed E-state index contributed by atoms with van der Waals surface area (Å²) in [7, 11) is 0. The molecule has 1 heterocycles. The molecule has 4 heteroatoms. The molecule has 0 spiro atoms. The van der Waals surface area contributed by atoms with Crippen LogP contribution in [0.4, 0.5) is 0 Å². The summed E-state index contributed by atoms with van der Waals surface area (Å²) in [6.07, 6.45) is 0.971. The zero-order valence-corrected chi connectivity index (χ0v) is 11.3. The fourth-order valence-electron chi connectivity index (χ4n) is 1.73. The van der Waals surface area contributed by atoms with E-state index in [2.05, 4.69) is 15.7 Å². The zero-order chi connectivity index (χ0) is 12.8. The second-order valence-electron chi connectivity index (χ2n) is 4.26. The van der Waals surface area contributed by atoms with E-state index in [0.717, 1.165) is 30.1 Å². The molecular weight excluding hydrogens is 244 g/mol. The number of aromatic nitrogens is 1. The Kier molecular flexibility index (Phi) is 4.87. The molecule has 1 aromatic carbocycles. The van der Waals surface area contributed by atoms with Gasteiger partial charge in [-0.2, -0.15) is 0 Å². The van der Waals surface area contributed by atoms with Crippen LogP contribution in [0.3, 0.4) is 0 Å². The fraction of sp³-hybridized carbons (Fsp3) is 0.357. The van der Waals surface area contributed by atoms with Crippen LogP contribution in [-0.4, -0.2) is 16.6 Å². The normalized spacial score (nSPS) is 10.8. The van der Waals surface area contributed by atoms with Gasteiger partial charge >= 0.3 is 0 Å². The zero-order valence-electron chi connectivity index (χ0n) is 10.5. The van der Waals surface area contributed by atoms with E-state index in [4.69, 9.17) is 5.11 Å². The van der Waals surface area contributed by atoms with Gasteiger partial charge in [0, 0.05) is 24.9 Å². The van der Waals surface area contributed by atoms with Crippen molar-refractivity contribution in [3.05, 3.63) is 51.5 Å². The van der Waals surface area contributed by atoms with E-state index < -0.39 is 0 Å². The van der Waals surface area contributed by atoms with E-state index in [-0.39, 0.29) is 6.61 Å². The minimum atomic E-state index is 0.108. The van der Waals surface area contributed by atoms with E-state index in [0.29, 0.717) is 0 Å². The topological polar surface area (TPSA) is 45.2 Å². The van der Waals surface area contributed by atoms with E-state index in [1.165, 1.54) is 11.3 Å². The van der Waals surface area contributed by atoms with Gasteiger partial charge in [-0.1, -0.05) is 24.3 Å². The number of nitrogens with one attached hydrogen (secondary N) is 1. The molecule has 0 aliphatic rings.